The quantitative estimate of drug-likeness (QED) is 0.899. The van der Waals surface area contributed by atoms with Crippen molar-refractivity contribution in [1.82, 2.24) is 5.32 Å². The SMILES string of the molecule is COc1cccc(CC2CCCNC2)c1OC1CCCC1. The zero-order chi connectivity index (χ0) is 14.5. The van der Waals surface area contributed by atoms with Crippen LogP contribution in [0.4, 0.5) is 0 Å². The first-order valence-corrected chi connectivity index (χ1v) is 8.40. The molecule has 1 atom stereocenters. The van der Waals surface area contributed by atoms with Crippen molar-refractivity contribution in [3.05, 3.63) is 23.8 Å². The highest BCUT2D eigenvalue weighted by Crippen LogP contribution is 2.36. The third kappa shape index (κ3) is 3.70. The third-order valence-corrected chi connectivity index (χ3v) is 4.77. The molecule has 1 saturated carbocycles. The largest absolute Gasteiger partial charge is 0.493 e. The zero-order valence-corrected chi connectivity index (χ0v) is 13.1. The lowest BCUT2D eigenvalue weighted by Gasteiger charge is -2.25. The first-order chi connectivity index (χ1) is 10.4. The topological polar surface area (TPSA) is 30.5 Å². The van der Waals surface area contributed by atoms with Gasteiger partial charge in [-0.3, -0.25) is 0 Å². The smallest absolute Gasteiger partial charge is 0.164 e. The van der Waals surface area contributed by atoms with Crippen LogP contribution in [-0.2, 0) is 6.42 Å². The summed E-state index contributed by atoms with van der Waals surface area (Å²) in [6, 6.07) is 6.32. The molecule has 2 fully saturated rings. The molecular weight excluding hydrogens is 262 g/mol. The van der Waals surface area contributed by atoms with E-state index in [2.05, 4.69) is 17.4 Å². The summed E-state index contributed by atoms with van der Waals surface area (Å²) in [6.45, 7) is 2.29. The molecule has 21 heavy (non-hydrogen) atoms. The van der Waals surface area contributed by atoms with E-state index in [1.165, 1.54) is 50.6 Å². The van der Waals surface area contributed by atoms with Crippen LogP contribution in [0.1, 0.15) is 44.1 Å². The van der Waals surface area contributed by atoms with Crippen molar-refractivity contribution in [2.45, 2.75) is 51.0 Å². The normalized spacial score (nSPS) is 23.2. The fourth-order valence-electron chi connectivity index (χ4n) is 3.60. The summed E-state index contributed by atoms with van der Waals surface area (Å²) in [5, 5.41) is 3.50. The average molecular weight is 289 g/mol. The van der Waals surface area contributed by atoms with E-state index in [4.69, 9.17) is 9.47 Å². The lowest BCUT2D eigenvalue weighted by atomic mass is 9.92. The van der Waals surface area contributed by atoms with E-state index in [-0.39, 0.29) is 0 Å². The second kappa shape index (κ2) is 7.17. The Morgan fingerprint density at radius 2 is 2.00 bits per heavy atom. The predicted octanol–water partition coefficient (Wildman–Crippen LogP) is 3.56. The Hall–Kier alpha value is -1.22. The highest BCUT2D eigenvalue weighted by Gasteiger charge is 2.22. The molecule has 1 unspecified atom stereocenters. The number of hydrogen-bond donors (Lipinski definition) is 1. The lowest BCUT2D eigenvalue weighted by Crippen LogP contribution is -2.31. The Morgan fingerprint density at radius 3 is 2.71 bits per heavy atom. The first-order valence-electron chi connectivity index (χ1n) is 8.40. The van der Waals surface area contributed by atoms with Gasteiger partial charge in [0.15, 0.2) is 11.5 Å². The Kier molecular flexibility index (Phi) is 5.02. The minimum Gasteiger partial charge on any atom is -0.493 e. The molecule has 3 rings (SSSR count). The third-order valence-electron chi connectivity index (χ3n) is 4.77. The van der Waals surface area contributed by atoms with Crippen LogP contribution in [0.25, 0.3) is 0 Å². The molecule has 1 aliphatic heterocycles. The summed E-state index contributed by atoms with van der Waals surface area (Å²) >= 11 is 0. The number of benzene rings is 1. The summed E-state index contributed by atoms with van der Waals surface area (Å²) in [5.74, 6) is 2.61. The maximum atomic E-state index is 6.32. The predicted molar refractivity (Wildman–Crippen MR) is 85.2 cm³/mol. The fraction of sp³-hybridized carbons (Fsp3) is 0.667. The number of hydrogen-bond acceptors (Lipinski definition) is 3. The van der Waals surface area contributed by atoms with Crippen LogP contribution in [-0.4, -0.2) is 26.3 Å². The van der Waals surface area contributed by atoms with E-state index in [1.807, 2.05) is 6.07 Å². The molecule has 0 bridgehead atoms. The molecule has 3 heteroatoms. The van der Waals surface area contributed by atoms with Gasteiger partial charge in [-0.05, 0) is 75.6 Å². The Morgan fingerprint density at radius 1 is 1.14 bits per heavy atom. The molecule has 0 aromatic heterocycles. The van der Waals surface area contributed by atoms with E-state index in [0.29, 0.717) is 6.10 Å². The van der Waals surface area contributed by atoms with E-state index in [1.54, 1.807) is 7.11 Å². The highest BCUT2D eigenvalue weighted by molar-refractivity contribution is 5.47. The van der Waals surface area contributed by atoms with Crippen molar-refractivity contribution in [2.75, 3.05) is 20.2 Å². The molecule has 116 valence electrons. The number of ether oxygens (including phenoxy) is 2. The molecule has 1 heterocycles. The molecule has 1 aromatic carbocycles. The van der Waals surface area contributed by atoms with Crippen LogP contribution in [0.2, 0.25) is 0 Å². The second-order valence-corrected chi connectivity index (χ2v) is 6.39. The van der Waals surface area contributed by atoms with Crippen LogP contribution in [0, 0.1) is 5.92 Å². The number of para-hydroxylation sites is 1. The Labute approximate surface area is 128 Å². The molecule has 0 amide bonds. The van der Waals surface area contributed by atoms with Gasteiger partial charge in [0.2, 0.25) is 0 Å². The standard InChI is InChI=1S/C18H27NO2/c1-20-17-10-4-7-15(12-14-6-5-11-19-13-14)18(17)21-16-8-2-3-9-16/h4,7,10,14,16,19H,2-3,5-6,8-9,11-13H2,1H3. The average Bonchev–Trinajstić information content (AvgIpc) is 3.03. The van der Waals surface area contributed by atoms with Crippen LogP contribution in [0.3, 0.4) is 0 Å². The minimum absolute atomic E-state index is 0.379. The Balaban J connectivity index is 1.76. The highest BCUT2D eigenvalue weighted by atomic mass is 16.5. The molecule has 0 radical (unpaired) electrons. The van der Waals surface area contributed by atoms with Gasteiger partial charge in [-0.2, -0.15) is 0 Å². The molecular formula is C18H27NO2. The van der Waals surface area contributed by atoms with Crippen molar-refractivity contribution < 1.29 is 9.47 Å². The summed E-state index contributed by atoms with van der Waals surface area (Å²) in [4.78, 5) is 0. The van der Waals surface area contributed by atoms with Gasteiger partial charge in [-0.15, -0.1) is 0 Å². The van der Waals surface area contributed by atoms with Crippen LogP contribution < -0.4 is 14.8 Å². The van der Waals surface area contributed by atoms with Gasteiger partial charge >= 0.3 is 0 Å². The summed E-state index contributed by atoms with van der Waals surface area (Å²) in [5.41, 5.74) is 1.31. The van der Waals surface area contributed by atoms with Gasteiger partial charge in [-0.1, -0.05) is 12.1 Å². The summed E-state index contributed by atoms with van der Waals surface area (Å²) < 4.78 is 11.9. The van der Waals surface area contributed by atoms with Crippen LogP contribution in [0.15, 0.2) is 18.2 Å². The second-order valence-electron chi connectivity index (χ2n) is 6.39. The zero-order valence-electron chi connectivity index (χ0n) is 13.1. The molecule has 1 aliphatic carbocycles. The number of rotatable bonds is 5. The first kappa shape index (κ1) is 14.7. The van der Waals surface area contributed by atoms with Gasteiger partial charge in [-0.25, -0.2) is 0 Å². The fourth-order valence-corrected chi connectivity index (χ4v) is 3.60. The van der Waals surface area contributed by atoms with Crippen molar-refractivity contribution in [3.8, 4) is 11.5 Å². The maximum Gasteiger partial charge on any atom is 0.164 e. The van der Waals surface area contributed by atoms with E-state index >= 15 is 0 Å². The number of methoxy groups -OCH3 is 1. The van der Waals surface area contributed by atoms with Crippen molar-refractivity contribution in [3.63, 3.8) is 0 Å². The monoisotopic (exact) mass is 289 g/mol. The van der Waals surface area contributed by atoms with E-state index in [9.17, 15) is 0 Å². The van der Waals surface area contributed by atoms with Gasteiger partial charge in [0, 0.05) is 0 Å². The summed E-state index contributed by atoms with van der Waals surface area (Å²) in [6.07, 6.45) is 9.02. The van der Waals surface area contributed by atoms with E-state index in [0.717, 1.165) is 30.4 Å². The molecule has 3 nitrogen and oxygen atoms in total. The molecule has 0 spiro atoms. The van der Waals surface area contributed by atoms with E-state index < -0.39 is 0 Å². The van der Waals surface area contributed by atoms with Gasteiger partial charge in [0.05, 0.1) is 13.2 Å². The molecule has 1 saturated heterocycles. The van der Waals surface area contributed by atoms with Crippen LogP contribution >= 0.6 is 0 Å². The van der Waals surface area contributed by atoms with Crippen LogP contribution in [0.5, 0.6) is 11.5 Å². The van der Waals surface area contributed by atoms with Crippen molar-refractivity contribution >= 4 is 0 Å². The maximum absolute atomic E-state index is 6.32. The Bertz CT molecular complexity index is 449. The molecule has 2 aliphatic rings. The molecule has 1 aromatic rings. The van der Waals surface area contributed by atoms with Gasteiger partial charge in [0.25, 0.3) is 0 Å². The van der Waals surface area contributed by atoms with Crippen molar-refractivity contribution in [2.24, 2.45) is 5.92 Å². The minimum atomic E-state index is 0.379. The molecule has 1 N–H and O–H groups in total. The van der Waals surface area contributed by atoms with Crippen molar-refractivity contribution in [1.29, 1.82) is 0 Å². The van der Waals surface area contributed by atoms with Gasteiger partial charge < -0.3 is 14.8 Å². The van der Waals surface area contributed by atoms with Gasteiger partial charge in [0.1, 0.15) is 0 Å². The lowest BCUT2D eigenvalue weighted by molar-refractivity contribution is 0.197. The summed E-state index contributed by atoms with van der Waals surface area (Å²) in [7, 11) is 1.74. The number of piperidine rings is 1. The number of nitrogens with one attached hydrogen (secondary N) is 1.